The highest BCUT2D eigenvalue weighted by Crippen LogP contribution is 2.17. The lowest BCUT2D eigenvalue weighted by Gasteiger charge is -2.35. The number of nitrogens with one attached hydrogen (secondary N) is 1. The van der Waals surface area contributed by atoms with Crippen LogP contribution in [0.2, 0.25) is 0 Å². The molecule has 3 heterocycles. The molecule has 27 heavy (non-hydrogen) atoms. The molecule has 2 amide bonds. The molecule has 0 bridgehead atoms. The van der Waals surface area contributed by atoms with Crippen molar-refractivity contribution < 1.29 is 14.0 Å². The molecule has 1 aliphatic rings. The number of aromatic nitrogens is 2. The highest BCUT2D eigenvalue weighted by molar-refractivity contribution is 5.93. The molecule has 1 N–H and O–H groups in total. The van der Waals surface area contributed by atoms with Crippen LogP contribution in [0.1, 0.15) is 47.1 Å². The fraction of sp³-hybridized carbons (Fsp3) is 0.474. The first-order chi connectivity index (χ1) is 13.0. The van der Waals surface area contributed by atoms with Crippen LogP contribution >= 0.6 is 0 Å². The number of carbonyl (C=O) groups excluding carboxylic acids is 2. The monoisotopic (exact) mass is 371 g/mol. The van der Waals surface area contributed by atoms with Gasteiger partial charge < -0.3 is 19.5 Å². The number of nitrogens with zero attached hydrogens (tertiary/aromatic N) is 4. The number of rotatable bonds is 5. The Morgan fingerprint density at radius 3 is 2.63 bits per heavy atom. The van der Waals surface area contributed by atoms with Gasteiger partial charge in [-0.25, -0.2) is 9.97 Å². The Morgan fingerprint density at radius 1 is 1.26 bits per heavy atom. The number of hydrogen-bond acceptors (Lipinski definition) is 6. The fourth-order valence-electron chi connectivity index (χ4n) is 2.92. The third-order valence-electron chi connectivity index (χ3n) is 4.67. The van der Waals surface area contributed by atoms with Crippen molar-refractivity contribution >= 4 is 17.6 Å². The molecular weight excluding hydrogens is 346 g/mol. The van der Waals surface area contributed by atoms with E-state index in [9.17, 15) is 9.59 Å². The predicted octanol–water partition coefficient (Wildman–Crippen LogP) is 1.87. The molecule has 1 atom stereocenters. The van der Waals surface area contributed by atoms with Crippen LogP contribution in [0.3, 0.4) is 0 Å². The Kier molecular flexibility index (Phi) is 5.73. The van der Waals surface area contributed by atoms with Gasteiger partial charge in [0.25, 0.3) is 11.8 Å². The normalized spacial score (nSPS) is 15.5. The predicted molar refractivity (Wildman–Crippen MR) is 101 cm³/mol. The number of hydrogen-bond donors (Lipinski definition) is 1. The van der Waals surface area contributed by atoms with E-state index < -0.39 is 0 Å². The molecular formula is C19H25N5O3. The van der Waals surface area contributed by atoms with Gasteiger partial charge >= 0.3 is 0 Å². The maximum Gasteiger partial charge on any atom is 0.289 e. The summed E-state index contributed by atoms with van der Waals surface area (Å²) in [5, 5.41) is 2.93. The SMILES string of the molecule is CCC(C)NC(=O)c1cc(N2CCN(C(=O)c3ccco3)CC2)nc(C)n1. The fourth-order valence-corrected chi connectivity index (χ4v) is 2.92. The first-order valence-electron chi connectivity index (χ1n) is 9.22. The zero-order valence-corrected chi connectivity index (χ0v) is 15.9. The summed E-state index contributed by atoms with van der Waals surface area (Å²) in [5.74, 6) is 1.32. The van der Waals surface area contributed by atoms with Gasteiger partial charge in [0, 0.05) is 38.3 Å². The van der Waals surface area contributed by atoms with E-state index >= 15 is 0 Å². The summed E-state index contributed by atoms with van der Waals surface area (Å²) in [6, 6.07) is 5.19. The third-order valence-corrected chi connectivity index (χ3v) is 4.67. The Hall–Kier alpha value is -2.90. The zero-order chi connectivity index (χ0) is 19.4. The lowest BCUT2D eigenvalue weighted by molar-refractivity contribution is 0.0714. The number of furan rings is 1. The van der Waals surface area contributed by atoms with Crippen LogP contribution in [0.15, 0.2) is 28.9 Å². The largest absolute Gasteiger partial charge is 0.459 e. The summed E-state index contributed by atoms with van der Waals surface area (Å²) in [6.07, 6.45) is 2.35. The maximum absolute atomic E-state index is 12.4. The minimum atomic E-state index is -0.192. The topological polar surface area (TPSA) is 91.6 Å². The Balaban J connectivity index is 1.67. The lowest BCUT2D eigenvalue weighted by atomic mass is 10.2. The minimum Gasteiger partial charge on any atom is -0.459 e. The molecule has 8 heteroatoms. The highest BCUT2D eigenvalue weighted by Gasteiger charge is 2.25. The van der Waals surface area contributed by atoms with Crippen LogP contribution in [0.25, 0.3) is 0 Å². The van der Waals surface area contributed by atoms with Crippen molar-refractivity contribution in [2.75, 3.05) is 31.1 Å². The quantitative estimate of drug-likeness (QED) is 0.863. The van der Waals surface area contributed by atoms with Crippen LogP contribution in [0.5, 0.6) is 0 Å². The van der Waals surface area contributed by atoms with Crippen molar-refractivity contribution in [3.8, 4) is 0 Å². The van der Waals surface area contributed by atoms with Gasteiger partial charge in [0.15, 0.2) is 5.76 Å². The van der Waals surface area contributed by atoms with Gasteiger partial charge in [-0.1, -0.05) is 6.92 Å². The number of piperazine rings is 1. The van der Waals surface area contributed by atoms with Crippen molar-refractivity contribution in [3.63, 3.8) is 0 Å². The van der Waals surface area contributed by atoms with Crippen molar-refractivity contribution in [2.24, 2.45) is 0 Å². The van der Waals surface area contributed by atoms with Gasteiger partial charge in [0.1, 0.15) is 17.3 Å². The maximum atomic E-state index is 12.4. The second-order valence-corrected chi connectivity index (χ2v) is 6.70. The molecule has 1 aliphatic heterocycles. The van der Waals surface area contributed by atoms with Crippen LogP contribution in [0.4, 0.5) is 5.82 Å². The first-order valence-corrected chi connectivity index (χ1v) is 9.22. The van der Waals surface area contributed by atoms with Gasteiger partial charge in [-0.3, -0.25) is 9.59 Å². The lowest BCUT2D eigenvalue weighted by Crippen LogP contribution is -2.49. The van der Waals surface area contributed by atoms with E-state index in [1.165, 1.54) is 6.26 Å². The van der Waals surface area contributed by atoms with E-state index in [2.05, 4.69) is 20.2 Å². The smallest absolute Gasteiger partial charge is 0.289 e. The number of aryl methyl sites for hydroxylation is 1. The van der Waals surface area contributed by atoms with Crippen molar-refractivity contribution in [2.45, 2.75) is 33.2 Å². The molecule has 0 radical (unpaired) electrons. The molecule has 2 aromatic heterocycles. The average Bonchev–Trinajstić information content (AvgIpc) is 3.21. The van der Waals surface area contributed by atoms with Crippen molar-refractivity contribution in [3.05, 3.63) is 41.7 Å². The number of amides is 2. The summed E-state index contributed by atoms with van der Waals surface area (Å²) in [7, 11) is 0. The molecule has 0 saturated carbocycles. The molecule has 1 saturated heterocycles. The molecule has 0 aliphatic carbocycles. The highest BCUT2D eigenvalue weighted by atomic mass is 16.3. The van der Waals surface area contributed by atoms with Crippen LogP contribution in [-0.2, 0) is 0 Å². The van der Waals surface area contributed by atoms with Gasteiger partial charge in [-0.05, 0) is 32.4 Å². The van der Waals surface area contributed by atoms with E-state index in [0.29, 0.717) is 49.3 Å². The molecule has 144 valence electrons. The summed E-state index contributed by atoms with van der Waals surface area (Å²) in [4.78, 5) is 37.3. The van der Waals surface area contributed by atoms with Crippen molar-refractivity contribution in [1.82, 2.24) is 20.2 Å². The standard InChI is InChI=1S/C19H25N5O3/c1-4-13(2)20-18(25)15-12-17(22-14(3)21-15)23-7-9-24(10-8-23)19(26)16-6-5-11-27-16/h5-6,11-13H,4,7-10H2,1-3H3,(H,20,25). The summed E-state index contributed by atoms with van der Waals surface area (Å²) in [5.41, 5.74) is 0.367. The molecule has 2 aromatic rings. The molecule has 1 unspecified atom stereocenters. The summed E-state index contributed by atoms with van der Waals surface area (Å²) >= 11 is 0. The van der Waals surface area contributed by atoms with Crippen LogP contribution < -0.4 is 10.2 Å². The van der Waals surface area contributed by atoms with E-state index in [0.717, 1.165) is 6.42 Å². The Bertz CT molecular complexity index is 798. The third kappa shape index (κ3) is 4.45. The Morgan fingerprint density at radius 2 is 2.00 bits per heavy atom. The summed E-state index contributed by atoms with van der Waals surface area (Å²) in [6.45, 7) is 8.16. The Labute approximate surface area is 158 Å². The van der Waals surface area contributed by atoms with Gasteiger partial charge in [-0.15, -0.1) is 0 Å². The summed E-state index contributed by atoms with van der Waals surface area (Å²) < 4.78 is 5.19. The van der Waals surface area contributed by atoms with E-state index in [1.54, 1.807) is 30.0 Å². The van der Waals surface area contributed by atoms with Gasteiger partial charge in [0.05, 0.1) is 6.26 Å². The second-order valence-electron chi connectivity index (χ2n) is 6.70. The number of anilines is 1. The van der Waals surface area contributed by atoms with Gasteiger partial charge in [0.2, 0.25) is 0 Å². The van der Waals surface area contributed by atoms with Gasteiger partial charge in [-0.2, -0.15) is 0 Å². The zero-order valence-electron chi connectivity index (χ0n) is 15.9. The molecule has 8 nitrogen and oxygen atoms in total. The average molecular weight is 371 g/mol. The first kappa shape index (κ1) is 18.9. The minimum absolute atomic E-state index is 0.0902. The van der Waals surface area contributed by atoms with E-state index in [-0.39, 0.29) is 17.9 Å². The molecule has 1 fully saturated rings. The molecule has 0 spiro atoms. The van der Waals surface area contributed by atoms with Crippen LogP contribution in [-0.4, -0.2) is 58.9 Å². The second kappa shape index (κ2) is 8.20. The molecule has 0 aromatic carbocycles. The van der Waals surface area contributed by atoms with E-state index in [4.69, 9.17) is 4.42 Å². The van der Waals surface area contributed by atoms with Crippen molar-refractivity contribution in [1.29, 1.82) is 0 Å². The van der Waals surface area contributed by atoms with E-state index in [1.807, 2.05) is 13.8 Å². The molecule has 3 rings (SSSR count). The number of carbonyl (C=O) groups is 2. The van der Waals surface area contributed by atoms with Crippen LogP contribution in [0, 0.1) is 6.92 Å².